The smallest absolute Gasteiger partial charge is 0.246 e. The largest absolute Gasteiger partial charge is 0.359 e. The molecule has 0 unspecified atom stereocenters. The van der Waals surface area contributed by atoms with Crippen LogP contribution in [-0.2, 0) is 19.4 Å². The third-order valence-corrected chi connectivity index (χ3v) is 6.43. The predicted molar refractivity (Wildman–Crippen MR) is 100 cm³/mol. The SMILES string of the molecule is C[C@@]1(NC(=O)COC(c2ccccc2)c2ccccc2)CCS(=O)(=O)C1. The summed E-state index contributed by atoms with van der Waals surface area (Å²) in [6.07, 6.45) is 0.0743. The van der Waals surface area contributed by atoms with Crippen molar-refractivity contribution >= 4 is 15.7 Å². The summed E-state index contributed by atoms with van der Waals surface area (Å²) in [5, 5.41) is 2.83. The highest BCUT2D eigenvalue weighted by Gasteiger charge is 2.39. The van der Waals surface area contributed by atoms with Crippen molar-refractivity contribution in [3.63, 3.8) is 0 Å². The summed E-state index contributed by atoms with van der Waals surface area (Å²) in [5.41, 5.74) is 1.20. The van der Waals surface area contributed by atoms with Crippen LogP contribution in [0.25, 0.3) is 0 Å². The zero-order valence-corrected chi connectivity index (χ0v) is 15.5. The fraction of sp³-hybridized carbons (Fsp3) is 0.350. The topological polar surface area (TPSA) is 72.5 Å². The fourth-order valence-corrected chi connectivity index (χ4v) is 5.37. The van der Waals surface area contributed by atoms with E-state index in [0.717, 1.165) is 11.1 Å². The number of carbonyl (C=O) groups is 1. The van der Waals surface area contributed by atoms with Crippen LogP contribution in [0.1, 0.15) is 30.6 Å². The van der Waals surface area contributed by atoms with Crippen LogP contribution >= 0.6 is 0 Å². The normalized spacial score (nSPS) is 21.6. The molecule has 1 fully saturated rings. The van der Waals surface area contributed by atoms with Gasteiger partial charge in [-0.1, -0.05) is 60.7 Å². The van der Waals surface area contributed by atoms with E-state index in [1.54, 1.807) is 6.92 Å². The van der Waals surface area contributed by atoms with E-state index in [2.05, 4.69) is 5.32 Å². The highest BCUT2D eigenvalue weighted by Crippen LogP contribution is 2.26. The zero-order chi connectivity index (χ0) is 18.6. The lowest BCUT2D eigenvalue weighted by molar-refractivity contribution is -0.128. The molecule has 1 saturated heterocycles. The Hall–Kier alpha value is -2.18. The lowest BCUT2D eigenvalue weighted by atomic mass is 10.0. The number of sulfone groups is 1. The molecule has 1 aliphatic rings. The van der Waals surface area contributed by atoms with Crippen LogP contribution in [0.2, 0.25) is 0 Å². The van der Waals surface area contributed by atoms with Gasteiger partial charge in [0.2, 0.25) is 5.91 Å². The molecular weight excluding hydrogens is 350 g/mol. The average Bonchev–Trinajstić information content (AvgIpc) is 2.89. The maximum Gasteiger partial charge on any atom is 0.246 e. The van der Waals surface area contributed by atoms with E-state index in [4.69, 9.17) is 4.74 Å². The van der Waals surface area contributed by atoms with E-state index in [1.807, 2.05) is 60.7 Å². The molecule has 1 aliphatic heterocycles. The van der Waals surface area contributed by atoms with Gasteiger partial charge >= 0.3 is 0 Å². The minimum Gasteiger partial charge on any atom is -0.359 e. The van der Waals surface area contributed by atoms with Gasteiger partial charge in [0.25, 0.3) is 0 Å². The van der Waals surface area contributed by atoms with Crippen LogP contribution < -0.4 is 5.32 Å². The first kappa shape index (κ1) is 18.6. The van der Waals surface area contributed by atoms with Gasteiger partial charge in [-0.05, 0) is 24.5 Å². The molecule has 1 N–H and O–H groups in total. The highest BCUT2D eigenvalue weighted by molar-refractivity contribution is 7.91. The van der Waals surface area contributed by atoms with Gasteiger partial charge in [0.05, 0.1) is 17.0 Å². The Balaban J connectivity index is 1.68. The molecule has 1 amide bonds. The van der Waals surface area contributed by atoms with Crippen LogP contribution in [0.5, 0.6) is 0 Å². The lowest BCUT2D eigenvalue weighted by Crippen LogP contribution is -2.48. The maximum absolute atomic E-state index is 12.4. The Labute approximate surface area is 154 Å². The van der Waals surface area contributed by atoms with Crippen molar-refractivity contribution in [1.29, 1.82) is 0 Å². The van der Waals surface area contributed by atoms with E-state index in [-0.39, 0.29) is 30.1 Å². The molecule has 6 heteroatoms. The molecule has 1 heterocycles. The Morgan fingerprint density at radius 1 is 1.08 bits per heavy atom. The van der Waals surface area contributed by atoms with E-state index in [1.165, 1.54) is 0 Å². The first-order valence-corrected chi connectivity index (χ1v) is 10.4. The molecular formula is C20H23NO4S. The van der Waals surface area contributed by atoms with Crippen LogP contribution in [0, 0.1) is 0 Å². The second kappa shape index (κ2) is 7.60. The summed E-state index contributed by atoms with van der Waals surface area (Å²) in [7, 11) is -3.07. The van der Waals surface area contributed by atoms with E-state index < -0.39 is 15.4 Å². The number of benzene rings is 2. The summed E-state index contributed by atoms with van der Waals surface area (Å²) >= 11 is 0. The number of hydrogen-bond acceptors (Lipinski definition) is 4. The van der Waals surface area contributed by atoms with Crippen molar-refractivity contribution in [3.8, 4) is 0 Å². The van der Waals surface area contributed by atoms with Gasteiger partial charge in [-0.15, -0.1) is 0 Å². The summed E-state index contributed by atoms with van der Waals surface area (Å²) < 4.78 is 29.3. The van der Waals surface area contributed by atoms with Gasteiger partial charge in [0.15, 0.2) is 9.84 Å². The molecule has 138 valence electrons. The van der Waals surface area contributed by atoms with Gasteiger partial charge in [0.1, 0.15) is 12.7 Å². The molecule has 2 aromatic carbocycles. The molecule has 0 radical (unpaired) electrons. The van der Waals surface area contributed by atoms with Crippen LogP contribution in [0.3, 0.4) is 0 Å². The highest BCUT2D eigenvalue weighted by atomic mass is 32.2. The number of rotatable bonds is 6. The molecule has 2 aromatic rings. The maximum atomic E-state index is 12.4. The fourth-order valence-electron chi connectivity index (χ4n) is 3.28. The predicted octanol–water partition coefficient (Wildman–Crippen LogP) is 2.49. The lowest BCUT2D eigenvalue weighted by Gasteiger charge is -2.25. The molecule has 26 heavy (non-hydrogen) atoms. The summed E-state index contributed by atoms with van der Waals surface area (Å²) in [6, 6.07) is 19.4. The monoisotopic (exact) mass is 373 g/mol. The number of nitrogens with one attached hydrogen (secondary N) is 1. The second-order valence-corrected chi connectivity index (χ2v) is 9.15. The minimum absolute atomic E-state index is 0.0213. The summed E-state index contributed by atoms with van der Waals surface area (Å²) in [6.45, 7) is 1.63. The Morgan fingerprint density at radius 3 is 2.08 bits per heavy atom. The third-order valence-electron chi connectivity index (χ3n) is 4.53. The van der Waals surface area contributed by atoms with Gasteiger partial charge in [0, 0.05) is 0 Å². The van der Waals surface area contributed by atoms with Gasteiger partial charge in [-0.25, -0.2) is 8.42 Å². The summed E-state index contributed by atoms with van der Waals surface area (Å²) in [4.78, 5) is 12.4. The van der Waals surface area contributed by atoms with Gasteiger partial charge in [-0.3, -0.25) is 4.79 Å². The van der Waals surface area contributed by atoms with E-state index in [0.29, 0.717) is 6.42 Å². The van der Waals surface area contributed by atoms with Crippen molar-refractivity contribution in [2.45, 2.75) is 25.0 Å². The van der Waals surface area contributed by atoms with Crippen LogP contribution in [0.4, 0.5) is 0 Å². The molecule has 3 rings (SSSR count). The van der Waals surface area contributed by atoms with Crippen molar-refractivity contribution in [3.05, 3.63) is 71.8 Å². The Morgan fingerprint density at radius 2 is 1.62 bits per heavy atom. The average molecular weight is 373 g/mol. The van der Waals surface area contributed by atoms with Crippen molar-refractivity contribution in [2.24, 2.45) is 0 Å². The van der Waals surface area contributed by atoms with Gasteiger partial charge < -0.3 is 10.1 Å². The molecule has 0 saturated carbocycles. The minimum atomic E-state index is -3.07. The van der Waals surface area contributed by atoms with Crippen molar-refractivity contribution < 1.29 is 17.9 Å². The Kier molecular flexibility index (Phi) is 5.44. The standard InChI is InChI=1S/C20H23NO4S/c1-20(12-13-26(23,24)15-20)21-18(22)14-25-19(16-8-4-2-5-9-16)17-10-6-3-7-11-17/h2-11,19H,12-15H2,1H3,(H,21,22)/t20-/m1/s1. The first-order valence-electron chi connectivity index (χ1n) is 8.60. The second-order valence-electron chi connectivity index (χ2n) is 6.96. The van der Waals surface area contributed by atoms with Crippen LogP contribution in [-0.4, -0.2) is 38.0 Å². The van der Waals surface area contributed by atoms with E-state index in [9.17, 15) is 13.2 Å². The third kappa shape index (κ3) is 4.71. The van der Waals surface area contributed by atoms with E-state index >= 15 is 0 Å². The number of ether oxygens (including phenoxy) is 1. The number of carbonyl (C=O) groups excluding carboxylic acids is 1. The molecule has 5 nitrogen and oxygen atoms in total. The molecule has 1 atom stereocenters. The number of amides is 1. The zero-order valence-electron chi connectivity index (χ0n) is 14.7. The quantitative estimate of drug-likeness (QED) is 0.844. The molecule has 0 aromatic heterocycles. The van der Waals surface area contributed by atoms with Gasteiger partial charge in [-0.2, -0.15) is 0 Å². The summed E-state index contributed by atoms with van der Waals surface area (Å²) in [5.74, 6) is -0.213. The van der Waals surface area contributed by atoms with Crippen molar-refractivity contribution in [1.82, 2.24) is 5.32 Å². The molecule has 0 spiro atoms. The number of hydrogen-bond donors (Lipinski definition) is 1. The van der Waals surface area contributed by atoms with Crippen LogP contribution in [0.15, 0.2) is 60.7 Å². The Bertz CT molecular complexity index is 812. The molecule has 0 aliphatic carbocycles. The molecule has 0 bridgehead atoms. The van der Waals surface area contributed by atoms with Crippen molar-refractivity contribution in [2.75, 3.05) is 18.1 Å². The first-order chi connectivity index (χ1) is 12.4.